The van der Waals surface area contributed by atoms with Crippen molar-refractivity contribution in [3.63, 3.8) is 0 Å². The van der Waals surface area contributed by atoms with Crippen LogP contribution in [-0.4, -0.2) is 64.8 Å². The van der Waals surface area contributed by atoms with E-state index in [0.29, 0.717) is 13.2 Å². The minimum atomic E-state index is -0.431. The van der Waals surface area contributed by atoms with Gasteiger partial charge in [0, 0.05) is 26.4 Å². The first-order valence-electron chi connectivity index (χ1n) is 22.8. The number of ether oxygens (including phenoxy) is 7. The molecule has 316 valence electrons. The van der Waals surface area contributed by atoms with Crippen molar-refractivity contribution in [2.75, 3.05) is 39.6 Å². The Morgan fingerprint density at radius 2 is 0.660 bits per heavy atom. The average molecular weight is 755 g/mol. The molecule has 0 aliphatic rings. The van der Waals surface area contributed by atoms with E-state index in [-0.39, 0.29) is 12.6 Å². The number of hydrogen-bond donors (Lipinski definition) is 0. The lowest BCUT2D eigenvalue weighted by molar-refractivity contribution is -0.208. The van der Waals surface area contributed by atoms with Crippen molar-refractivity contribution in [3.8, 4) is 0 Å². The Bertz CT molecular complexity index is 669. The van der Waals surface area contributed by atoms with Crippen LogP contribution in [0.3, 0.4) is 0 Å². The second-order valence-electron chi connectivity index (χ2n) is 14.6. The first kappa shape index (κ1) is 52.2. The van der Waals surface area contributed by atoms with E-state index in [4.69, 9.17) is 33.2 Å². The van der Waals surface area contributed by atoms with E-state index in [1.165, 1.54) is 77.0 Å². The molecule has 0 spiro atoms. The molecular weight excluding hydrogens is 664 g/mol. The highest BCUT2D eigenvalue weighted by Gasteiger charge is 2.14. The molecule has 0 N–H and O–H groups in total. The van der Waals surface area contributed by atoms with Crippen LogP contribution in [0.4, 0.5) is 0 Å². The minimum absolute atomic E-state index is 0.0912. The minimum Gasteiger partial charge on any atom is -0.353 e. The lowest BCUT2D eigenvalue weighted by Crippen LogP contribution is -2.25. The molecule has 0 radical (unpaired) electrons. The molecule has 7 nitrogen and oxygen atoms in total. The SMILES string of the molecule is CCCCCCCCCOC(C=CCCCCC(OCCC)OCCC)OC(C=CCCCCC(OCCC)OCCC)OCCCCCCCCC. The highest BCUT2D eigenvalue weighted by atomic mass is 16.8. The van der Waals surface area contributed by atoms with Crippen LogP contribution in [0.2, 0.25) is 0 Å². The summed E-state index contributed by atoms with van der Waals surface area (Å²) in [5.74, 6) is 0. The van der Waals surface area contributed by atoms with Gasteiger partial charge in [0.05, 0.1) is 13.2 Å². The average Bonchev–Trinajstić information content (AvgIpc) is 3.17. The smallest absolute Gasteiger partial charge is 0.180 e. The quantitative estimate of drug-likeness (QED) is 0.0349. The predicted octanol–water partition coefficient (Wildman–Crippen LogP) is 13.8. The van der Waals surface area contributed by atoms with Crippen LogP contribution in [0, 0.1) is 0 Å². The summed E-state index contributed by atoms with van der Waals surface area (Å²) in [5, 5.41) is 0. The van der Waals surface area contributed by atoms with Gasteiger partial charge in [-0.25, -0.2) is 0 Å². The van der Waals surface area contributed by atoms with Gasteiger partial charge in [0.25, 0.3) is 0 Å². The fourth-order valence-electron chi connectivity index (χ4n) is 5.92. The van der Waals surface area contributed by atoms with Crippen LogP contribution in [0.1, 0.15) is 208 Å². The summed E-state index contributed by atoms with van der Waals surface area (Å²) in [6.45, 7) is 17.5. The van der Waals surface area contributed by atoms with Crippen LogP contribution in [0.15, 0.2) is 24.3 Å². The zero-order valence-electron chi connectivity index (χ0n) is 36.1. The molecule has 0 aromatic carbocycles. The first-order valence-corrected chi connectivity index (χ1v) is 22.8. The first-order chi connectivity index (χ1) is 26.1. The third-order valence-corrected chi connectivity index (χ3v) is 9.07. The normalized spacial score (nSPS) is 13.4. The standard InChI is InChI=1S/C46H90O7/c1-7-13-15-17-19-25-31-41-51-45(35-29-23-21-27-33-43(47-37-9-3)48-38-10-4)53-46(52-42-32-26-20-18-16-14-8-2)36-30-24-22-28-34-44(49-39-11-5)50-40-12-6/h29-30,35-36,43-46H,7-28,31-34,37-42H2,1-6H3. The lowest BCUT2D eigenvalue weighted by Gasteiger charge is -2.22. The van der Waals surface area contributed by atoms with E-state index >= 15 is 0 Å². The van der Waals surface area contributed by atoms with Gasteiger partial charge in [-0.2, -0.15) is 0 Å². The second kappa shape index (κ2) is 43.9. The van der Waals surface area contributed by atoms with E-state index in [1.54, 1.807) is 0 Å². The third kappa shape index (κ3) is 37.9. The maximum atomic E-state index is 6.54. The van der Waals surface area contributed by atoms with Gasteiger partial charge in [0.1, 0.15) is 0 Å². The topological polar surface area (TPSA) is 64.6 Å². The molecule has 2 unspecified atom stereocenters. The van der Waals surface area contributed by atoms with Crippen molar-refractivity contribution >= 4 is 0 Å². The van der Waals surface area contributed by atoms with E-state index in [0.717, 1.165) is 116 Å². The molecule has 0 heterocycles. The molecule has 0 aromatic rings. The molecule has 0 aliphatic carbocycles. The van der Waals surface area contributed by atoms with Crippen LogP contribution < -0.4 is 0 Å². The lowest BCUT2D eigenvalue weighted by atomic mass is 10.1. The molecule has 7 heteroatoms. The van der Waals surface area contributed by atoms with Crippen LogP contribution in [0.5, 0.6) is 0 Å². The van der Waals surface area contributed by atoms with Crippen molar-refractivity contribution in [2.45, 2.75) is 234 Å². The number of unbranched alkanes of at least 4 members (excludes halogenated alkanes) is 16. The molecule has 0 fully saturated rings. The van der Waals surface area contributed by atoms with Crippen molar-refractivity contribution in [2.24, 2.45) is 0 Å². The summed E-state index contributed by atoms with van der Waals surface area (Å²) in [7, 11) is 0. The van der Waals surface area contributed by atoms with Crippen molar-refractivity contribution in [3.05, 3.63) is 24.3 Å². The van der Waals surface area contributed by atoms with Gasteiger partial charge in [0.15, 0.2) is 25.2 Å². The summed E-state index contributed by atoms with van der Waals surface area (Å²) in [4.78, 5) is 0. The monoisotopic (exact) mass is 755 g/mol. The highest BCUT2D eigenvalue weighted by molar-refractivity contribution is 4.90. The Morgan fingerprint density at radius 3 is 1.00 bits per heavy atom. The van der Waals surface area contributed by atoms with Crippen LogP contribution >= 0.6 is 0 Å². The zero-order valence-corrected chi connectivity index (χ0v) is 36.1. The predicted molar refractivity (Wildman–Crippen MR) is 224 cm³/mol. The zero-order chi connectivity index (χ0) is 38.7. The largest absolute Gasteiger partial charge is 0.353 e. The third-order valence-electron chi connectivity index (χ3n) is 9.07. The van der Waals surface area contributed by atoms with Gasteiger partial charge in [-0.3, -0.25) is 0 Å². The van der Waals surface area contributed by atoms with Crippen LogP contribution in [-0.2, 0) is 33.2 Å². The fraction of sp³-hybridized carbons (Fsp3) is 0.913. The molecular formula is C46H90O7. The molecule has 0 amide bonds. The fourth-order valence-corrected chi connectivity index (χ4v) is 5.92. The van der Waals surface area contributed by atoms with Gasteiger partial charge in [-0.1, -0.05) is 131 Å². The Balaban J connectivity index is 5.26. The molecule has 0 aliphatic heterocycles. The molecule has 0 aromatic heterocycles. The van der Waals surface area contributed by atoms with Gasteiger partial charge in [-0.05, 0) is 102 Å². The maximum absolute atomic E-state index is 6.54. The number of allylic oxidation sites excluding steroid dienone is 2. The summed E-state index contributed by atoms with van der Waals surface area (Å²) in [5.41, 5.74) is 0. The van der Waals surface area contributed by atoms with Crippen molar-refractivity contribution in [1.82, 2.24) is 0 Å². The van der Waals surface area contributed by atoms with E-state index < -0.39 is 12.6 Å². The number of hydrogen-bond acceptors (Lipinski definition) is 7. The maximum Gasteiger partial charge on any atom is 0.180 e. The van der Waals surface area contributed by atoms with Gasteiger partial charge < -0.3 is 33.2 Å². The molecule has 0 rings (SSSR count). The molecule has 0 saturated heterocycles. The van der Waals surface area contributed by atoms with E-state index in [1.807, 2.05) is 0 Å². The summed E-state index contributed by atoms with van der Waals surface area (Å²) in [6, 6.07) is 0. The van der Waals surface area contributed by atoms with Gasteiger partial charge in [-0.15, -0.1) is 0 Å². The van der Waals surface area contributed by atoms with Gasteiger partial charge >= 0.3 is 0 Å². The summed E-state index contributed by atoms with van der Waals surface area (Å²) in [6.07, 6.45) is 37.4. The Kier molecular flexibility index (Phi) is 43.3. The van der Waals surface area contributed by atoms with Gasteiger partial charge in [0.2, 0.25) is 0 Å². The Morgan fingerprint density at radius 1 is 0.321 bits per heavy atom. The Hall–Kier alpha value is -0.800. The summed E-state index contributed by atoms with van der Waals surface area (Å²) >= 11 is 0. The molecule has 0 bridgehead atoms. The van der Waals surface area contributed by atoms with Crippen molar-refractivity contribution in [1.29, 1.82) is 0 Å². The Labute approximate surface area is 330 Å². The van der Waals surface area contributed by atoms with Crippen LogP contribution in [0.25, 0.3) is 0 Å². The van der Waals surface area contributed by atoms with E-state index in [2.05, 4.69) is 65.8 Å². The van der Waals surface area contributed by atoms with Crippen molar-refractivity contribution < 1.29 is 33.2 Å². The molecule has 53 heavy (non-hydrogen) atoms. The van der Waals surface area contributed by atoms with E-state index in [9.17, 15) is 0 Å². The highest BCUT2D eigenvalue weighted by Crippen LogP contribution is 2.16. The second-order valence-corrected chi connectivity index (χ2v) is 14.6. The molecule has 2 atom stereocenters. The summed E-state index contributed by atoms with van der Waals surface area (Å²) < 4.78 is 43.0. The molecule has 0 saturated carbocycles. The number of rotatable bonds is 44.